The van der Waals surface area contributed by atoms with Gasteiger partial charge in [0.15, 0.2) is 5.66 Å². The SMILES string of the molecule is CC(CC([PH+]=O)c1ccccc1)c1ccccc1. The number of hydrogen-bond donors (Lipinski definition) is 0. The first-order chi connectivity index (χ1) is 8.81. The fourth-order valence-corrected chi connectivity index (χ4v) is 2.99. The van der Waals surface area contributed by atoms with Gasteiger partial charge in [-0.15, -0.1) is 0 Å². The summed E-state index contributed by atoms with van der Waals surface area (Å²) in [5.74, 6) is 0.429. The summed E-state index contributed by atoms with van der Waals surface area (Å²) in [6, 6.07) is 20.6. The van der Waals surface area contributed by atoms with E-state index in [0.717, 1.165) is 6.42 Å². The molecule has 0 spiro atoms. The first kappa shape index (κ1) is 13.0. The third-order valence-corrected chi connectivity index (χ3v) is 4.16. The zero-order valence-corrected chi connectivity index (χ0v) is 11.5. The molecule has 3 atom stereocenters. The van der Waals surface area contributed by atoms with Gasteiger partial charge in [-0.3, -0.25) is 0 Å². The molecule has 2 rings (SSSR count). The molecule has 0 fully saturated rings. The Kier molecular flexibility index (Phi) is 4.66. The third-order valence-electron chi connectivity index (χ3n) is 3.30. The molecule has 2 aromatic carbocycles. The van der Waals surface area contributed by atoms with Crippen molar-refractivity contribution in [3.05, 3.63) is 71.8 Å². The van der Waals surface area contributed by atoms with Crippen molar-refractivity contribution in [2.75, 3.05) is 0 Å². The van der Waals surface area contributed by atoms with Crippen LogP contribution in [0, 0.1) is 0 Å². The van der Waals surface area contributed by atoms with Crippen LogP contribution in [-0.4, -0.2) is 0 Å². The van der Waals surface area contributed by atoms with Crippen LogP contribution in [0.15, 0.2) is 60.7 Å². The summed E-state index contributed by atoms with van der Waals surface area (Å²) in [5.41, 5.74) is 2.63. The summed E-state index contributed by atoms with van der Waals surface area (Å²) in [6.07, 6.45) is 0.927. The molecule has 1 nitrogen and oxygen atoms in total. The fourth-order valence-electron chi connectivity index (χ4n) is 2.21. The highest BCUT2D eigenvalue weighted by molar-refractivity contribution is 7.24. The van der Waals surface area contributed by atoms with Crippen molar-refractivity contribution in [1.29, 1.82) is 0 Å². The minimum atomic E-state index is -0.286. The molecule has 0 aliphatic rings. The maximum Gasteiger partial charge on any atom is 0.332 e. The summed E-state index contributed by atoms with van der Waals surface area (Å²) in [4.78, 5) is 0. The van der Waals surface area contributed by atoms with Gasteiger partial charge in [0.25, 0.3) is 0 Å². The molecule has 0 heterocycles. The second kappa shape index (κ2) is 6.47. The average Bonchev–Trinajstić information content (AvgIpc) is 2.46. The van der Waals surface area contributed by atoms with Crippen LogP contribution in [0.5, 0.6) is 0 Å². The Morgan fingerprint density at radius 2 is 1.39 bits per heavy atom. The predicted octanol–water partition coefficient (Wildman–Crippen LogP) is 4.95. The summed E-state index contributed by atoms with van der Waals surface area (Å²) >= 11 is 0. The minimum absolute atomic E-state index is 0.140. The molecule has 0 bridgehead atoms. The molecule has 0 aliphatic heterocycles. The molecule has 0 saturated heterocycles. The predicted molar refractivity (Wildman–Crippen MR) is 77.7 cm³/mol. The molecule has 0 aromatic heterocycles. The highest BCUT2D eigenvalue weighted by Crippen LogP contribution is 2.36. The van der Waals surface area contributed by atoms with Crippen LogP contribution in [0.25, 0.3) is 0 Å². The number of rotatable bonds is 5. The highest BCUT2D eigenvalue weighted by atomic mass is 31.1. The van der Waals surface area contributed by atoms with Crippen molar-refractivity contribution < 1.29 is 4.57 Å². The summed E-state index contributed by atoms with van der Waals surface area (Å²) in [5, 5.41) is 0. The molecule has 3 unspecified atom stereocenters. The third kappa shape index (κ3) is 3.27. The van der Waals surface area contributed by atoms with Gasteiger partial charge in [-0.1, -0.05) is 72.2 Å². The molecule has 0 N–H and O–H groups in total. The van der Waals surface area contributed by atoms with E-state index in [1.807, 2.05) is 24.3 Å². The topological polar surface area (TPSA) is 17.1 Å². The summed E-state index contributed by atoms with van der Waals surface area (Å²) < 4.78 is 11.4. The quantitative estimate of drug-likeness (QED) is 0.693. The molecule has 2 aromatic rings. The molecule has 0 amide bonds. The Balaban J connectivity index is 2.10. The lowest BCUT2D eigenvalue weighted by atomic mass is 9.94. The molecule has 0 aliphatic carbocycles. The average molecular weight is 257 g/mol. The zero-order chi connectivity index (χ0) is 12.8. The molecule has 0 radical (unpaired) electrons. The second-order valence-corrected chi connectivity index (χ2v) is 5.56. The fraction of sp³-hybridized carbons (Fsp3) is 0.250. The number of benzene rings is 2. The van der Waals surface area contributed by atoms with E-state index in [2.05, 4.69) is 43.3 Å². The van der Waals surface area contributed by atoms with Crippen LogP contribution in [0.3, 0.4) is 0 Å². The lowest BCUT2D eigenvalue weighted by Crippen LogP contribution is -1.99. The largest absolute Gasteiger partial charge is 0.332 e. The van der Waals surface area contributed by atoms with Gasteiger partial charge in [-0.2, -0.15) is 0 Å². The van der Waals surface area contributed by atoms with Gasteiger partial charge in [-0.05, 0) is 11.5 Å². The lowest BCUT2D eigenvalue weighted by Gasteiger charge is -2.13. The van der Waals surface area contributed by atoms with E-state index < -0.39 is 0 Å². The smallest absolute Gasteiger partial charge is 0.0768 e. The Bertz CT molecular complexity index is 481. The van der Waals surface area contributed by atoms with Crippen molar-refractivity contribution in [2.45, 2.75) is 24.9 Å². The molecule has 0 saturated carbocycles. The van der Waals surface area contributed by atoms with Crippen molar-refractivity contribution in [2.24, 2.45) is 0 Å². The van der Waals surface area contributed by atoms with Crippen LogP contribution in [-0.2, 0) is 4.57 Å². The maximum absolute atomic E-state index is 11.4. The monoisotopic (exact) mass is 257 g/mol. The molecule has 92 valence electrons. The van der Waals surface area contributed by atoms with Gasteiger partial charge < -0.3 is 0 Å². The van der Waals surface area contributed by atoms with Gasteiger partial charge in [0.1, 0.15) is 0 Å². The van der Waals surface area contributed by atoms with E-state index in [9.17, 15) is 4.57 Å². The number of hydrogen-bond acceptors (Lipinski definition) is 1. The van der Waals surface area contributed by atoms with Gasteiger partial charge in [0, 0.05) is 12.0 Å². The van der Waals surface area contributed by atoms with E-state index in [-0.39, 0.29) is 14.1 Å². The molecule has 2 heteroatoms. The Hall–Kier alpha value is -1.46. The Morgan fingerprint density at radius 3 is 1.89 bits per heavy atom. The summed E-state index contributed by atoms with van der Waals surface area (Å²) in [6.45, 7) is 2.20. The highest BCUT2D eigenvalue weighted by Gasteiger charge is 2.22. The van der Waals surface area contributed by atoms with E-state index in [1.54, 1.807) is 0 Å². The van der Waals surface area contributed by atoms with E-state index >= 15 is 0 Å². The van der Waals surface area contributed by atoms with Crippen LogP contribution < -0.4 is 0 Å². The molecular formula is C16H18OP+. The lowest BCUT2D eigenvalue weighted by molar-refractivity contribution is 0.578. The van der Waals surface area contributed by atoms with Crippen molar-refractivity contribution in [1.82, 2.24) is 0 Å². The first-order valence-corrected chi connectivity index (χ1v) is 7.27. The van der Waals surface area contributed by atoms with Crippen LogP contribution in [0.1, 0.15) is 36.0 Å². The van der Waals surface area contributed by atoms with E-state index in [4.69, 9.17) is 0 Å². The van der Waals surface area contributed by atoms with E-state index in [0.29, 0.717) is 5.92 Å². The zero-order valence-electron chi connectivity index (χ0n) is 10.5. The van der Waals surface area contributed by atoms with Crippen LogP contribution in [0.4, 0.5) is 0 Å². The normalized spacial score (nSPS) is 14.3. The second-order valence-electron chi connectivity index (χ2n) is 4.63. The standard InChI is InChI=1S/C16H17OP/c1-13(14-8-4-2-5-9-14)12-16(18-17)15-10-6-3-7-11-15/h2-11,13,16H,12H2,1H3/p+1. The van der Waals surface area contributed by atoms with Crippen LogP contribution >= 0.6 is 8.46 Å². The van der Waals surface area contributed by atoms with Gasteiger partial charge in [0.05, 0.1) is 0 Å². The van der Waals surface area contributed by atoms with E-state index in [1.165, 1.54) is 11.1 Å². The van der Waals surface area contributed by atoms with Gasteiger partial charge in [0.2, 0.25) is 0 Å². The van der Waals surface area contributed by atoms with Crippen molar-refractivity contribution in [3.8, 4) is 0 Å². The first-order valence-electron chi connectivity index (χ1n) is 6.29. The van der Waals surface area contributed by atoms with Crippen molar-refractivity contribution in [3.63, 3.8) is 0 Å². The van der Waals surface area contributed by atoms with Crippen molar-refractivity contribution >= 4 is 8.46 Å². The maximum atomic E-state index is 11.4. The Morgan fingerprint density at radius 1 is 0.889 bits per heavy atom. The Labute approximate surface area is 110 Å². The van der Waals surface area contributed by atoms with Gasteiger partial charge in [-0.25, -0.2) is 0 Å². The molecule has 18 heavy (non-hydrogen) atoms. The molecular weight excluding hydrogens is 239 g/mol. The summed E-state index contributed by atoms with van der Waals surface area (Å²) in [7, 11) is -0.286. The van der Waals surface area contributed by atoms with Crippen LogP contribution in [0.2, 0.25) is 0 Å². The minimum Gasteiger partial charge on any atom is -0.0768 e. The van der Waals surface area contributed by atoms with Gasteiger partial charge >= 0.3 is 8.46 Å².